The Morgan fingerprint density at radius 3 is 2.22 bits per heavy atom. The highest BCUT2D eigenvalue weighted by Gasteiger charge is 2.14. The maximum absolute atomic E-state index is 3.45. The number of likely N-dealkylation sites (N-methyl/N-ethyl adjacent to an activating group) is 1. The van der Waals surface area contributed by atoms with Crippen LogP contribution in [0.3, 0.4) is 0 Å². The van der Waals surface area contributed by atoms with Gasteiger partial charge in [-0.3, -0.25) is 0 Å². The summed E-state index contributed by atoms with van der Waals surface area (Å²) in [7, 11) is 2.05. The molecule has 0 aliphatic heterocycles. The monoisotopic (exact) mass is 259 g/mol. The van der Waals surface area contributed by atoms with Crippen molar-refractivity contribution >= 4 is 11.3 Å². The largest absolute Gasteiger partial charge is 0.312 e. The van der Waals surface area contributed by atoms with E-state index in [1.54, 1.807) is 0 Å². The Kier molecular flexibility index (Phi) is 4.20. The summed E-state index contributed by atoms with van der Waals surface area (Å²) in [4.78, 5) is 2.81. The zero-order chi connectivity index (χ0) is 13.1. The summed E-state index contributed by atoms with van der Waals surface area (Å²) < 4.78 is 0. The second-order valence-corrected chi connectivity index (χ2v) is 6.18. The van der Waals surface area contributed by atoms with Crippen molar-refractivity contribution in [3.8, 4) is 0 Å². The van der Waals surface area contributed by atoms with Crippen molar-refractivity contribution in [2.24, 2.45) is 0 Å². The third-order valence-corrected chi connectivity index (χ3v) is 4.62. The molecule has 1 N–H and O–H groups in total. The van der Waals surface area contributed by atoms with Gasteiger partial charge in [0.2, 0.25) is 0 Å². The number of hydrogen-bond acceptors (Lipinski definition) is 2. The number of thiophene rings is 1. The fraction of sp³-hybridized carbons (Fsp3) is 0.375. The van der Waals surface area contributed by atoms with E-state index in [0.717, 1.165) is 6.42 Å². The van der Waals surface area contributed by atoms with Crippen molar-refractivity contribution in [2.75, 3.05) is 7.05 Å². The molecule has 0 aliphatic rings. The van der Waals surface area contributed by atoms with Crippen molar-refractivity contribution in [1.29, 1.82) is 0 Å². The fourth-order valence-electron chi connectivity index (χ4n) is 2.36. The second kappa shape index (κ2) is 5.68. The first kappa shape index (κ1) is 13.3. The van der Waals surface area contributed by atoms with Crippen molar-refractivity contribution in [2.45, 2.75) is 33.2 Å². The molecule has 0 radical (unpaired) electrons. The highest BCUT2D eigenvalue weighted by atomic mass is 32.1. The zero-order valence-electron chi connectivity index (χ0n) is 11.6. The van der Waals surface area contributed by atoms with Gasteiger partial charge in [-0.2, -0.15) is 0 Å². The fourth-order valence-corrected chi connectivity index (χ4v) is 3.35. The van der Waals surface area contributed by atoms with Crippen LogP contribution in [0.25, 0.3) is 0 Å². The third kappa shape index (κ3) is 2.82. The van der Waals surface area contributed by atoms with Crippen molar-refractivity contribution in [3.63, 3.8) is 0 Å². The van der Waals surface area contributed by atoms with Crippen molar-refractivity contribution in [3.05, 3.63) is 56.8 Å². The van der Waals surface area contributed by atoms with Gasteiger partial charge in [0.15, 0.2) is 0 Å². The summed E-state index contributed by atoms with van der Waals surface area (Å²) in [5, 5.41) is 3.45. The molecule has 2 rings (SSSR count). The van der Waals surface area contributed by atoms with Gasteiger partial charge in [-0.1, -0.05) is 18.2 Å². The lowest BCUT2D eigenvalue weighted by atomic mass is 9.96. The Balaban J connectivity index is 2.26. The Bertz CT molecular complexity index is 507. The number of hydrogen-bond donors (Lipinski definition) is 1. The van der Waals surface area contributed by atoms with Crippen LogP contribution in [0, 0.1) is 20.8 Å². The summed E-state index contributed by atoms with van der Waals surface area (Å²) in [5.74, 6) is 0. The molecule has 0 saturated carbocycles. The number of aryl methyl sites for hydroxylation is 3. The summed E-state index contributed by atoms with van der Waals surface area (Å²) in [5.41, 5.74) is 4.26. The Morgan fingerprint density at radius 1 is 1.06 bits per heavy atom. The van der Waals surface area contributed by atoms with E-state index in [9.17, 15) is 0 Å². The van der Waals surface area contributed by atoms with Gasteiger partial charge >= 0.3 is 0 Å². The summed E-state index contributed by atoms with van der Waals surface area (Å²) in [6, 6.07) is 11.4. The first-order chi connectivity index (χ1) is 8.61. The first-order valence-corrected chi connectivity index (χ1v) is 7.22. The van der Waals surface area contributed by atoms with Gasteiger partial charge < -0.3 is 5.32 Å². The standard InChI is InChI=1S/C16H21NS/c1-11-6-5-7-12(2)14(11)10-15(17-4)16-9-8-13(3)18-16/h5-9,15,17H,10H2,1-4H3. The molecular formula is C16H21NS. The quantitative estimate of drug-likeness (QED) is 0.868. The van der Waals surface area contributed by atoms with Crippen LogP contribution in [0.4, 0.5) is 0 Å². The summed E-state index contributed by atoms with van der Waals surface area (Å²) >= 11 is 1.89. The minimum absolute atomic E-state index is 0.420. The van der Waals surface area contributed by atoms with Crippen LogP contribution in [-0.4, -0.2) is 7.05 Å². The van der Waals surface area contributed by atoms with Gasteiger partial charge in [0.1, 0.15) is 0 Å². The van der Waals surface area contributed by atoms with E-state index in [1.165, 1.54) is 26.4 Å². The van der Waals surface area contributed by atoms with Crippen LogP contribution >= 0.6 is 11.3 Å². The van der Waals surface area contributed by atoms with Gasteiger partial charge in [0.05, 0.1) is 0 Å². The van der Waals surface area contributed by atoms with Crippen molar-refractivity contribution < 1.29 is 0 Å². The molecule has 18 heavy (non-hydrogen) atoms. The second-order valence-electron chi connectivity index (χ2n) is 4.86. The molecule has 1 heterocycles. The molecule has 0 aliphatic carbocycles. The molecular weight excluding hydrogens is 238 g/mol. The molecule has 1 atom stereocenters. The zero-order valence-corrected chi connectivity index (χ0v) is 12.4. The average molecular weight is 259 g/mol. The minimum Gasteiger partial charge on any atom is -0.312 e. The predicted molar refractivity (Wildman–Crippen MR) is 80.5 cm³/mol. The smallest absolute Gasteiger partial charge is 0.0453 e. The van der Waals surface area contributed by atoms with E-state index in [1.807, 2.05) is 18.4 Å². The lowest BCUT2D eigenvalue weighted by molar-refractivity contribution is 0.599. The molecule has 1 nitrogen and oxygen atoms in total. The highest BCUT2D eigenvalue weighted by molar-refractivity contribution is 7.12. The van der Waals surface area contributed by atoms with Crippen LogP contribution < -0.4 is 5.32 Å². The SMILES string of the molecule is CNC(Cc1c(C)cccc1C)c1ccc(C)s1. The van der Waals surface area contributed by atoms with E-state index in [-0.39, 0.29) is 0 Å². The van der Waals surface area contributed by atoms with Gasteiger partial charge in [0, 0.05) is 15.8 Å². The molecule has 0 amide bonds. The number of rotatable bonds is 4. The summed E-state index contributed by atoms with van der Waals surface area (Å²) in [6.45, 7) is 6.57. The van der Waals surface area contributed by atoms with Crippen molar-refractivity contribution in [1.82, 2.24) is 5.32 Å². The Morgan fingerprint density at radius 2 is 1.72 bits per heavy atom. The van der Waals surface area contributed by atoms with Crippen LogP contribution in [0.5, 0.6) is 0 Å². The van der Waals surface area contributed by atoms with E-state index in [0.29, 0.717) is 6.04 Å². The molecule has 0 spiro atoms. The molecule has 1 aromatic carbocycles. The molecule has 0 bridgehead atoms. The highest BCUT2D eigenvalue weighted by Crippen LogP contribution is 2.27. The first-order valence-electron chi connectivity index (χ1n) is 6.40. The maximum atomic E-state index is 3.45. The third-order valence-electron chi connectivity index (χ3n) is 3.51. The van der Waals surface area contributed by atoms with E-state index in [4.69, 9.17) is 0 Å². The van der Waals surface area contributed by atoms with E-state index < -0.39 is 0 Å². The van der Waals surface area contributed by atoms with Crippen LogP contribution in [0.15, 0.2) is 30.3 Å². The molecule has 2 aromatic rings. The van der Waals surface area contributed by atoms with Gasteiger partial charge in [-0.25, -0.2) is 0 Å². The average Bonchev–Trinajstić information content (AvgIpc) is 2.76. The van der Waals surface area contributed by atoms with Gasteiger partial charge in [-0.15, -0.1) is 11.3 Å². The molecule has 0 fully saturated rings. The van der Waals surface area contributed by atoms with Gasteiger partial charge in [0.25, 0.3) is 0 Å². The van der Waals surface area contributed by atoms with Gasteiger partial charge in [-0.05, 0) is 63.1 Å². The normalized spacial score (nSPS) is 12.7. The topological polar surface area (TPSA) is 12.0 Å². The lowest BCUT2D eigenvalue weighted by Gasteiger charge is -2.18. The minimum atomic E-state index is 0.420. The van der Waals surface area contributed by atoms with Crippen LogP contribution in [0.1, 0.15) is 32.5 Å². The molecule has 2 heteroatoms. The molecule has 1 aromatic heterocycles. The van der Waals surface area contributed by atoms with Crippen LogP contribution in [0.2, 0.25) is 0 Å². The number of benzene rings is 1. The summed E-state index contributed by atoms with van der Waals surface area (Å²) in [6.07, 6.45) is 1.06. The molecule has 0 saturated heterocycles. The Hall–Kier alpha value is -1.12. The van der Waals surface area contributed by atoms with E-state index >= 15 is 0 Å². The van der Waals surface area contributed by atoms with Crippen LogP contribution in [-0.2, 0) is 6.42 Å². The maximum Gasteiger partial charge on any atom is 0.0453 e. The predicted octanol–water partition coefficient (Wildman–Crippen LogP) is 4.18. The number of nitrogens with one attached hydrogen (secondary N) is 1. The molecule has 1 unspecified atom stereocenters. The van der Waals surface area contributed by atoms with E-state index in [2.05, 4.69) is 56.4 Å². The lowest BCUT2D eigenvalue weighted by Crippen LogP contribution is -2.18. The molecule has 96 valence electrons. The Labute approximate surface area is 114 Å².